The third-order valence-electron chi connectivity index (χ3n) is 2.12. The molecule has 1 aromatic rings. The van der Waals surface area contributed by atoms with E-state index in [1.54, 1.807) is 0 Å². The van der Waals surface area contributed by atoms with Crippen LogP contribution in [-0.4, -0.2) is 6.21 Å². The fraction of sp³-hybridized carbons (Fsp3) is 0.300. The van der Waals surface area contributed by atoms with Gasteiger partial charge in [0.2, 0.25) is 0 Å². The van der Waals surface area contributed by atoms with Crippen molar-refractivity contribution in [3.05, 3.63) is 34.9 Å². The summed E-state index contributed by atoms with van der Waals surface area (Å²) in [6, 6.07) is 8.23. The molecule has 1 aliphatic heterocycles. The van der Waals surface area contributed by atoms with Gasteiger partial charge in [0.1, 0.15) is 0 Å². The quantitative estimate of drug-likeness (QED) is 0.628. The van der Waals surface area contributed by atoms with Crippen LogP contribution in [0.15, 0.2) is 29.3 Å². The predicted molar refractivity (Wildman–Crippen MR) is 51.9 cm³/mol. The fourth-order valence-corrected chi connectivity index (χ4v) is 1.75. The van der Waals surface area contributed by atoms with Crippen LogP contribution in [0.4, 0.5) is 0 Å². The minimum atomic E-state index is 0.304. The predicted octanol–water partition coefficient (Wildman–Crippen LogP) is 3.25. The van der Waals surface area contributed by atoms with Gasteiger partial charge in [0.15, 0.2) is 0 Å². The second-order valence-electron chi connectivity index (χ2n) is 2.95. The van der Waals surface area contributed by atoms with Crippen LogP contribution >= 0.6 is 11.6 Å². The molecule has 0 bridgehead atoms. The first-order valence-electron chi connectivity index (χ1n) is 4.14. The number of halogens is 1. The van der Waals surface area contributed by atoms with Gasteiger partial charge in [-0.3, -0.25) is 4.99 Å². The van der Waals surface area contributed by atoms with Gasteiger partial charge in [-0.1, -0.05) is 29.8 Å². The number of benzene rings is 1. The molecule has 0 saturated carbocycles. The van der Waals surface area contributed by atoms with Crippen LogP contribution in [0.25, 0.3) is 0 Å². The Kier molecular flexibility index (Phi) is 2.13. The molecule has 0 amide bonds. The van der Waals surface area contributed by atoms with Crippen LogP contribution < -0.4 is 0 Å². The van der Waals surface area contributed by atoms with Crippen molar-refractivity contribution in [2.75, 3.05) is 0 Å². The van der Waals surface area contributed by atoms with Gasteiger partial charge in [-0.25, -0.2) is 0 Å². The topological polar surface area (TPSA) is 12.4 Å². The third kappa shape index (κ3) is 1.37. The van der Waals surface area contributed by atoms with E-state index in [0.717, 1.165) is 23.4 Å². The molecule has 1 unspecified atom stereocenters. The SMILES string of the molecule is Clc1ccccc1C1CCC=N1. The molecule has 0 N–H and O–H groups in total. The van der Waals surface area contributed by atoms with Gasteiger partial charge in [0, 0.05) is 5.02 Å². The van der Waals surface area contributed by atoms with Gasteiger partial charge < -0.3 is 0 Å². The Labute approximate surface area is 77.1 Å². The molecule has 0 spiro atoms. The molecule has 62 valence electrons. The van der Waals surface area contributed by atoms with Gasteiger partial charge >= 0.3 is 0 Å². The molecule has 0 aliphatic carbocycles. The smallest absolute Gasteiger partial charge is 0.0763 e. The molecule has 0 radical (unpaired) electrons. The Morgan fingerprint density at radius 3 is 2.83 bits per heavy atom. The number of rotatable bonds is 1. The summed E-state index contributed by atoms with van der Waals surface area (Å²) in [5.74, 6) is 0. The maximum absolute atomic E-state index is 6.03. The van der Waals surface area contributed by atoms with E-state index in [-0.39, 0.29) is 0 Å². The van der Waals surface area contributed by atoms with Crippen LogP contribution in [0.2, 0.25) is 5.02 Å². The van der Waals surface area contributed by atoms with Crippen molar-refractivity contribution in [3.63, 3.8) is 0 Å². The highest BCUT2D eigenvalue weighted by atomic mass is 35.5. The fourth-order valence-electron chi connectivity index (χ4n) is 1.49. The first-order valence-corrected chi connectivity index (χ1v) is 4.52. The van der Waals surface area contributed by atoms with Gasteiger partial charge in [0.25, 0.3) is 0 Å². The maximum Gasteiger partial charge on any atom is 0.0763 e. The van der Waals surface area contributed by atoms with Crippen LogP contribution in [0.1, 0.15) is 24.4 Å². The van der Waals surface area contributed by atoms with Crippen LogP contribution in [0.5, 0.6) is 0 Å². The number of hydrogen-bond acceptors (Lipinski definition) is 1. The summed E-state index contributed by atoms with van der Waals surface area (Å²) in [6.07, 6.45) is 4.16. The number of hydrogen-bond donors (Lipinski definition) is 0. The third-order valence-corrected chi connectivity index (χ3v) is 2.46. The molecule has 0 aromatic heterocycles. The number of aliphatic imine (C=N–C) groups is 1. The zero-order valence-corrected chi connectivity index (χ0v) is 7.46. The van der Waals surface area contributed by atoms with E-state index in [9.17, 15) is 0 Å². The van der Waals surface area contributed by atoms with E-state index in [0.29, 0.717) is 6.04 Å². The van der Waals surface area contributed by atoms with Crippen molar-refractivity contribution in [2.45, 2.75) is 18.9 Å². The lowest BCUT2D eigenvalue weighted by atomic mass is 10.1. The Bertz CT molecular complexity index is 306. The summed E-state index contributed by atoms with van der Waals surface area (Å²) in [7, 11) is 0. The van der Waals surface area contributed by atoms with Crippen molar-refractivity contribution in [1.82, 2.24) is 0 Å². The van der Waals surface area contributed by atoms with E-state index in [4.69, 9.17) is 11.6 Å². The van der Waals surface area contributed by atoms with Crippen LogP contribution in [0.3, 0.4) is 0 Å². The highest BCUT2D eigenvalue weighted by Gasteiger charge is 2.14. The number of nitrogens with zero attached hydrogens (tertiary/aromatic N) is 1. The first-order chi connectivity index (χ1) is 5.88. The molecule has 1 heterocycles. The second-order valence-corrected chi connectivity index (χ2v) is 3.35. The Hall–Kier alpha value is -0.820. The second kappa shape index (κ2) is 3.28. The van der Waals surface area contributed by atoms with Gasteiger partial charge in [-0.05, 0) is 30.7 Å². The highest BCUT2D eigenvalue weighted by Crippen LogP contribution is 2.31. The molecule has 0 fully saturated rings. The molecule has 2 heteroatoms. The maximum atomic E-state index is 6.03. The van der Waals surface area contributed by atoms with Gasteiger partial charge in [-0.15, -0.1) is 0 Å². The zero-order chi connectivity index (χ0) is 8.39. The molecule has 12 heavy (non-hydrogen) atoms. The lowest BCUT2D eigenvalue weighted by Gasteiger charge is -2.08. The molecular formula is C10H10ClN. The minimum Gasteiger partial charge on any atom is -0.289 e. The molecule has 1 atom stereocenters. The van der Waals surface area contributed by atoms with Gasteiger partial charge in [0.05, 0.1) is 6.04 Å². The summed E-state index contributed by atoms with van der Waals surface area (Å²) in [5.41, 5.74) is 1.16. The Balaban J connectivity index is 2.33. The molecular weight excluding hydrogens is 170 g/mol. The lowest BCUT2D eigenvalue weighted by molar-refractivity contribution is 0.723. The first kappa shape index (κ1) is 7.81. The van der Waals surface area contributed by atoms with Crippen molar-refractivity contribution in [1.29, 1.82) is 0 Å². The molecule has 1 aliphatic rings. The normalized spacial score (nSPS) is 21.6. The van der Waals surface area contributed by atoms with Crippen molar-refractivity contribution in [3.8, 4) is 0 Å². The van der Waals surface area contributed by atoms with E-state index < -0.39 is 0 Å². The highest BCUT2D eigenvalue weighted by molar-refractivity contribution is 6.31. The monoisotopic (exact) mass is 179 g/mol. The summed E-state index contributed by atoms with van der Waals surface area (Å²) in [6.45, 7) is 0. The summed E-state index contributed by atoms with van der Waals surface area (Å²) < 4.78 is 0. The zero-order valence-electron chi connectivity index (χ0n) is 6.70. The van der Waals surface area contributed by atoms with Crippen molar-refractivity contribution in [2.24, 2.45) is 4.99 Å². The van der Waals surface area contributed by atoms with E-state index in [1.165, 1.54) is 0 Å². The summed E-state index contributed by atoms with van der Waals surface area (Å²) in [4.78, 5) is 4.36. The molecule has 2 rings (SSSR count). The van der Waals surface area contributed by atoms with E-state index >= 15 is 0 Å². The molecule has 0 saturated heterocycles. The largest absolute Gasteiger partial charge is 0.289 e. The van der Waals surface area contributed by atoms with Crippen LogP contribution in [0, 0.1) is 0 Å². The lowest BCUT2D eigenvalue weighted by Crippen LogP contribution is -1.90. The molecule has 1 nitrogen and oxygen atoms in total. The summed E-state index contributed by atoms with van der Waals surface area (Å²) >= 11 is 6.03. The van der Waals surface area contributed by atoms with Crippen LogP contribution in [-0.2, 0) is 0 Å². The van der Waals surface area contributed by atoms with Gasteiger partial charge in [-0.2, -0.15) is 0 Å². The average molecular weight is 180 g/mol. The van der Waals surface area contributed by atoms with E-state index in [2.05, 4.69) is 11.1 Å². The Morgan fingerprint density at radius 2 is 2.17 bits per heavy atom. The summed E-state index contributed by atoms with van der Waals surface area (Å²) in [5, 5.41) is 0.835. The molecule has 1 aromatic carbocycles. The Morgan fingerprint density at radius 1 is 1.33 bits per heavy atom. The average Bonchev–Trinajstić information content (AvgIpc) is 2.57. The standard InChI is InChI=1S/C10H10ClN/c11-9-5-2-1-4-8(9)10-6-3-7-12-10/h1-2,4-5,7,10H,3,6H2. The van der Waals surface area contributed by atoms with E-state index in [1.807, 2.05) is 24.4 Å². The van der Waals surface area contributed by atoms with Crippen molar-refractivity contribution < 1.29 is 0 Å². The minimum absolute atomic E-state index is 0.304. The van der Waals surface area contributed by atoms with Crippen molar-refractivity contribution >= 4 is 17.8 Å².